The molecule has 2 aromatic rings. The summed E-state index contributed by atoms with van der Waals surface area (Å²) in [6, 6.07) is 0. The number of hydrogen-bond donors (Lipinski definition) is 1. The molecule has 2 heterocycles. The third kappa shape index (κ3) is 1.48. The standard InChI is InChI=1S/C9H11N3O2/c1-6-9(7(2)14-11-6)5-12-4-8(13)3-10-12/h3-4,13H,5H2,1-2H3. The minimum absolute atomic E-state index is 0.164. The molecular weight excluding hydrogens is 182 g/mol. The maximum atomic E-state index is 9.10. The zero-order chi connectivity index (χ0) is 10.1. The molecule has 0 unspecified atom stereocenters. The summed E-state index contributed by atoms with van der Waals surface area (Å²) in [5, 5.41) is 16.9. The number of aromatic nitrogens is 3. The summed E-state index contributed by atoms with van der Waals surface area (Å²) in [6.45, 7) is 4.32. The Kier molecular flexibility index (Phi) is 1.99. The van der Waals surface area contributed by atoms with E-state index in [9.17, 15) is 0 Å². The highest BCUT2D eigenvalue weighted by Crippen LogP contribution is 2.14. The first kappa shape index (κ1) is 8.80. The molecule has 74 valence electrons. The van der Waals surface area contributed by atoms with Gasteiger partial charge in [-0.05, 0) is 13.8 Å². The van der Waals surface area contributed by atoms with Crippen LogP contribution in [-0.2, 0) is 6.54 Å². The van der Waals surface area contributed by atoms with E-state index in [1.165, 1.54) is 6.20 Å². The van der Waals surface area contributed by atoms with Gasteiger partial charge < -0.3 is 9.63 Å². The Bertz CT molecular complexity index is 425. The number of aromatic hydroxyl groups is 1. The third-order valence-corrected chi connectivity index (χ3v) is 2.12. The number of aryl methyl sites for hydroxylation is 2. The van der Waals surface area contributed by atoms with Crippen molar-refractivity contribution in [2.75, 3.05) is 0 Å². The molecule has 0 amide bonds. The molecule has 5 heteroatoms. The van der Waals surface area contributed by atoms with Crippen molar-refractivity contribution in [2.24, 2.45) is 0 Å². The van der Waals surface area contributed by atoms with Crippen molar-refractivity contribution in [2.45, 2.75) is 20.4 Å². The summed E-state index contributed by atoms with van der Waals surface area (Å²) in [7, 11) is 0. The molecule has 0 saturated carbocycles. The number of hydrogen-bond acceptors (Lipinski definition) is 4. The van der Waals surface area contributed by atoms with Crippen molar-refractivity contribution in [3.05, 3.63) is 29.4 Å². The molecule has 1 N–H and O–H groups in total. The van der Waals surface area contributed by atoms with Gasteiger partial charge in [-0.15, -0.1) is 0 Å². The van der Waals surface area contributed by atoms with Gasteiger partial charge >= 0.3 is 0 Å². The van der Waals surface area contributed by atoms with E-state index in [0.717, 1.165) is 17.0 Å². The lowest BCUT2D eigenvalue weighted by Gasteiger charge is -1.99. The Morgan fingerprint density at radius 3 is 2.79 bits per heavy atom. The van der Waals surface area contributed by atoms with Crippen LogP contribution in [0.2, 0.25) is 0 Å². The van der Waals surface area contributed by atoms with Gasteiger partial charge in [0.25, 0.3) is 0 Å². The first-order valence-electron chi connectivity index (χ1n) is 4.30. The van der Waals surface area contributed by atoms with Gasteiger partial charge in [0, 0.05) is 5.56 Å². The molecule has 2 aromatic heterocycles. The fraction of sp³-hybridized carbons (Fsp3) is 0.333. The summed E-state index contributed by atoms with van der Waals surface area (Å²) in [5.74, 6) is 0.953. The van der Waals surface area contributed by atoms with Crippen LogP contribution in [0.15, 0.2) is 16.9 Å². The maximum absolute atomic E-state index is 9.10. The molecule has 0 fully saturated rings. The third-order valence-electron chi connectivity index (χ3n) is 2.12. The predicted octanol–water partition coefficient (Wildman–Crippen LogP) is 1.24. The van der Waals surface area contributed by atoms with Crippen molar-refractivity contribution >= 4 is 0 Å². The SMILES string of the molecule is Cc1noc(C)c1Cn1cc(O)cn1. The molecule has 0 spiro atoms. The van der Waals surface area contributed by atoms with E-state index in [0.29, 0.717) is 6.54 Å². The lowest BCUT2D eigenvalue weighted by molar-refractivity contribution is 0.391. The molecule has 0 saturated heterocycles. The normalized spacial score (nSPS) is 10.7. The highest BCUT2D eigenvalue weighted by molar-refractivity contribution is 5.21. The van der Waals surface area contributed by atoms with E-state index in [4.69, 9.17) is 9.63 Å². The fourth-order valence-corrected chi connectivity index (χ4v) is 1.33. The molecule has 0 radical (unpaired) electrons. The minimum Gasteiger partial charge on any atom is -0.505 e. The van der Waals surface area contributed by atoms with Gasteiger partial charge in [0.2, 0.25) is 0 Å². The van der Waals surface area contributed by atoms with Gasteiger partial charge in [-0.1, -0.05) is 5.16 Å². The second kappa shape index (κ2) is 3.17. The Hall–Kier alpha value is -1.78. The Morgan fingerprint density at radius 1 is 1.50 bits per heavy atom. The Labute approximate surface area is 81.0 Å². The van der Waals surface area contributed by atoms with Crippen molar-refractivity contribution in [1.82, 2.24) is 14.9 Å². The Morgan fingerprint density at radius 2 is 2.29 bits per heavy atom. The fourth-order valence-electron chi connectivity index (χ4n) is 1.33. The first-order valence-corrected chi connectivity index (χ1v) is 4.30. The molecular formula is C9H11N3O2. The molecule has 14 heavy (non-hydrogen) atoms. The monoisotopic (exact) mass is 193 g/mol. The highest BCUT2D eigenvalue weighted by atomic mass is 16.5. The lowest BCUT2D eigenvalue weighted by Crippen LogP contribution is -2.01. The van der Waals surface area contributed by atoms with Gasteiger partial charge in [-0.3, -0.25) is 4.68 Å². The van der Waals surface area contributed by atoms with E-state index in [1.54, 1.807) is 10.9 Å². The second-order valence-electron chi connectivity index (χ2n) is 3.20. The highest BCUT2D eigenvalue weighted by Gasteiger charge is 2.09. The smallest absolute Gasteiger partial charge is 0.153 e. The number of rotatable bonds is 2. The van der Waals surface area contributed by atoms with Crippen molar-refractivity contribution in [3.8, 4) is 5.75 Å². The van der Waals surface area contributed by atoms with Gasteiger partial charge in [0.1, 0.15) is 5.76 Å². The molecule has 0 bridgehead atoms. The van der Waals surface area contributed by atoms with Crippen LogP contribution in [0.4, 0.5) is 0 Å². The van der Waals surface area contributed by atoms with Crippen LogP contribution in [0.25, 0.3) is 0 Å². The van der Waals surface area contributed by atoms with E-state index < -0.39 is 0 Å². The zero-order valence-corrected chi connectivity index (χ0v) is 8.06. The van der Waals surface area contributed by atoms with Crippen molar-refractivity contribution in [3.63, 3.8) is 0 Å². The van der Waals surface area contributed by atoms with Crippen molar-refractivity contribution in [1.29, 1.82) is 0 Å². The summed E-state index contributed by atoms with van der Waals surface area (Å²) < 4.78 is 6.66. The van der Waals surface area contributed by atoms with Gasteiger partial charge in [-0.25, -0.2) is 0 Å². The van der Waals surface area contributed by atoms with Gasteiger partial charge in [-0.2, -0.15) is 5.10 Å². The topological polar surface area (TPSA) is 64.1 Å². The Balaban J connectivity index is 2.26. The van der Waals surface area contributed by atoms with Crippen LogP contribution in [0, 0.1) is 13.8 Å². The maximum Gasteiger partial charge on any atom is 0.153 e. The average molecular weight is 193 g/mol. The summed E-state index contributed by atoms with van der Waals surface area (Å²) in [4.78, 5) is 0. The number of nitrogens with zero attached hydrogens (tertiary/aromatic N) is 3. The molecule has 2 rings (SSSR count). The van der Waals surface area contributed by atoms with Crippen LogP contribution in [0.1, 0.15) is 17.0 Å². The molecule has 0 aliphatic carbocycles. The van der Waals surface area contributed by atoms with Crippen LogP contribution in [-0.4, -0.2) is 20.0 Å². The first-order chi connectivity index (χ1) is 6.66. The quantitative estimate of drug-likeness (QED) is 0.779. The minimum atomic E-state index is 0.164. The largest absolute Gasteiger partial charge is 0.505 e. The van der Waals surface area contributed by atoms with Gasteiger partial charge in [0.15, 0.2) is 5.75 Å². The van der Waals surface area contributed by atoms with E-state index >= 15 is 0 Å². The molecule has 5 nitrogen and oxygen atoms in total. The second-order valence-corrected chi connectivity index (χ2v) is 3.20. The molecule has 0 aromatic carbocycles. The van der Waals surface area contributed by atoms with Crippen LogP contribution < -0.4 is 0 Å². The van der Waals surface area contributed by atoms with Gasteiger partial charge in [0.05, 0.1) is 24.6 Å². The van der Waals surface area contributed by atoms with E-state index in [1.807, 2.05) is 13.8 Å². The average Bonchev–Trinajstić information content (AvgIpc) is 2.67. The molecule has 0 atom stereocenters. The van der Waals surface area contributed by atoms with Crippen LogP contribution >= 0.6 is 0 Å². The van der Waals surface area contributed by atoms with E-state index in [-0.39, 0.29) is 5.75 Å². The summed E-state index contributed by atoms with van der Waals surface area (Å²) >= 11 is 0. The van der Waals surface area contributed by atoms with Crippen LogP contribution in [0.3, 0.4) is 0 Å². The zero-order valence-electron chi connectivity index (χ0n) is 8.06. The lowest BCUT2D eigenvalue weighted by atomic mass is 10.2. The summed E-state index contributed by atoms with van der Waals surface area (Å²) in [6.07, 6.45) is 2.96. The molecule has 0 aliphatic heterocycles. The summed E-state index contributed by atoms with van der Waals surface area (Å²) in [5.41, 5.74) is 1.87. The molecule has 0 aliphatic rings. The van der Waals surface area contributed by atoms with E-state index in [2.05, 4.69) is 10.3 Å². The van der Waals surface area contributed by atoms with Crippen molar-refractivity contribution < 1.29 is 9.63 Å². The predicted molar refractivity (Wildman–Crippen MR) is 49.0 cm³/mol. The van der Waals surface area contributed by atoms with Crippen LogP contribution in [0.5, 0.6) is 5.75 Å².